The summed E-state index contributed by atoms with van der Waals surface area (Å²) in [5.41, 5.74) is 2.37. The van der Waals surface area contributed by atoms with E-state index in [1.807, 2.05) is 43.1 Å². The second kappa shape index (κ2) is 6.72. The van der Waals surface area contributed by atoms with Gasteiger partial charge in [-0.05, 0) is 51.1 Å². The monoisotopic (exact) mass is 332 g/mol. The Kier molecular flexibility index (Phi) is 4.68. The Morgan fingerprint density at radius 2 is 2.30 bits per heavy atom. The first kappa shape index (κ1) is 16.0. The zero-order valence-electron chi connectivity index (χ0n) is 13.4. The van der Waals surface area contributed by atoms with Gasteiger partial charge in [0.1, 0.15) is 0 Å². The first-order chi connectivity index (χ1) is 11.1. The standard InChI is InChI=1S/C17H21ClN4O/c1-12-16(17(23)21-7-6-13(11-21)9-19-2)10-20-22(12)15-5-3-4-14(18)8-15/h3-5,8,10,13,19H,6-7,9,11H2,1-2H3/t13-/m0/s1. The number of halogens is 1. The summed E-state index contributed by atoms with van der Waals surface area (Å²) in [4.78, 5) is 14.7. The van der Waals surface area contributed by atoms with Crippen LogP contribution in [0.15, 0.2) is 30.5 Å². The van der Waals surface area contributed by atoms with Crippen molar-refractivity contribution in [2.24, 2.45) is 5.92 Å². The third kappa shape index (κ3) is 3.26. The number of aromatic nitrogens is 2. The molecular weight excluding hydrogens is 312 g/mol. The van der Waals surface area contributed by atoms with Crippen LogP contribution < -0.4 is 5.32 Å². The Labute approximate surface area is 141 Å². The molecule has 2 aromatic rings. The van der Waals surface area contributed by atoms with Crippen LogP contribution in [0, 0.1) is 12.8 Å². The number of rotatable bonds is 4. The quantitative estimate of drug-likeness (QED) is 0.936. The van der Waals surface area contributed by atoms with E-state index in [0.29, 0.717) is 16.5 Å². The second-order valence-corrected chi connectivity index (χ2v) is 6.44. The average molecular weight is 333 g/mol. The molecule has 1 aliphatic heterocycles. The van der Waals surface area contributed by atoms with E-state index in [4.69, 9.17) is 11.6 Å². The molecule has 1 aromatic carbocycles. The van der Waals surface area contributed by atoms with Gasteiger partial charge in [0.2, 0.25) is 0 Å². The molecule has 6 heteroatoms. The Balaban J connectivity index is 1.81. The van der Waals surface area contributed by atoms with Gasteiger partial charge in [0.05, 0.1) is 23.1 Å². The fraction of sp³-hybridized carbons (Fsp3) is 0.412. The molecule has 1 aliphatic rings. The van der Waals surface area contributed by atoms with E-state index in [2.05, 4.69) is 10.4 Å². The highest BCUT2D eigenvalue weighted by Crippen LogP contribution is 2.22. The Bertz CT molecular complexity index is 712. The number of hydrogen-bond acceptors (Lipinski definition) is 3. The van der Waals surface area contributed by atoms with E-state index in [9.17, 15) is 4.79 Å². The predicted octanol–water partition coefficient (Wildman–Crippen LogP) is 2.52. The van der Waals surface area contributed by atoms with Gasteiger partial charge in [-0.25, -0.2) is 4.68 Å². The molecule has 1 atom stereocenters. The van der Waals surface area contributed by atoms with E-state index in [1.54, 1.807) is 10.9 Å². The van der Waals surface area contributed by atoms with Crippen LogP contribution in [0.1, 0.15) is 22.5 Å². The Hall–Kier alpha value is -1.85. The summed E-state index contributed by atoms with van der Waals surface area (Å²) < 4.78 is 1.76. The molecule has 1 fully saturated rings. The van der Waals surface area contributed by atoms with Crippen LogP contribution in [0.3, 0.4) is 0 Å². The normalized spacial score (nSPS) is 17.7. The molecule has 0 saturated carbocycles. The lowest BCUT2D eigenvalue weighted by Gasteiger charge is -2.16. The van der Waals surface area contributed by atoms with E-state index >= 15 is 0 Å². The first-order valence-electron chi connectivity index (χ1n) is 7.84. The summed E-state index contributed by atoms with van der Waals surface area (Å²) >= 11 is 6.04. The summed E-state index contributed by atoms with van der Waals surface area (Å²) in [5.74, 6) is 0.599. The molecule has 23 heavy (non-hydrogen) atoms. The third-order valence-corrected chi connectivity index (χ3v) is 4.59. The molecule has 3 rings (SSSR count). The lowest BCUT2D eigenvalue weighted by molar-refractivity contribution is 0.0786. The summed E-state index contributed by atoms with van der Waals surface area (Å²) in [7, 11) is 1.95. The smallest absolute Gasteiger partial charge is 0.257 e. The zero-order chi connectivity index (χ0) is 16.4. The maximum absolute atomic E-state index is 12.8. The van der Waals surface area contributed by atoms with Crippen molar-refractivity contribution in [3.05, 3.63) is 46.7 Å². The van der Waals surface area contributed by atoms with Crippen LogP contribution in [0.2, 0.25) is 5.02 Å². The molecular formula is C17H21ClN4O. The fourth-order valence-electron chi connectivity index (χ4n) is 3.13. The Morgan fingerprint density at radius 1 is 1.48 bits per heavy atom. The van der Waals surface area contributed by atoms with Crippen LogP contribution in [0.25, 0.3) is 5.69 Å². The minimum Gasteiger partial charge on any atom is -0.338 e. The van der Waals surface area contributed by atoms with E-state index in [0.717, 1.165) is 37.4 Å². The lowest BCUT2D eigenvalue weighted by atomic mass is 10.1. The number of benzene rings is 1. The molecule has 0 aliphatic carbocycles. The van der Waals surface area contributed by atoms with Crippen molar-refractivity contribution in [2.45, 2.75) is 13.3 Å². The number of nitrogens with zero attached hydrogens (tertiary/aromatic N) is 3. The van der Waals surface area contributed by atoms with E-state index in [1.165, 1.54) is 0 Å². The van der Waals surface area contributed by atoms with Gasteiger partial charge < -0.3 is 10.2 Å². The summed E-state index contributed by atoms with van der Waals surface area (Å²) in [6.45, 7) is 4.49. The maximum atomic E-state index is 12.8. The van der Waals surface area contributed by atoms with Gasteiger partial charge in [-0.15, -0.1) is 0 Å². The average Bonchev–Trinajstić information content (AvgIpc) is 3.14. The molecule has 0 bridgehead atoms. The number of carbonyl (C=O) groups excluding carboxylic acids is 1. The number of likely N-dealkylation sites (tertiary alicyclic amines) is 1. The molecule has 1 saturated heterocycles. The summed E-state index contributed by atoms with van der Waals surface area (Å²) in [5, 5.41) is 8.21. The number of hydrogen-bond donors (Lipinski definition) is 1. The summed E-state index contributed by atoms with van der Waals surface area (Å²) in [6, 6.07) is 7.47. The number of nitrogens with one attached hydrogen (secondary N) is 1. The van der Waals surface area contributed by atoms with Crippen molar-refractivity contribution < 1.29 is 4.79 Å². The molecule has 0 spiro atoms. The zero-order valence-corrected chi connectivity index (χ0v) is 14.2. The van der Waals surface area contributed by atoms with Crippen molar-refractivity contribution >= 4 is 17.5 Å². The topological polar surface area (TPSA) is 50.2 Å². The van der Waals surface area contributed by atoms with Gasteiger partial charge in [-0.2, -0.15) is 5.10 Å². The first-order valence-corrected chi connectivity index (χ1v) is 8.22. The molecule has 1 N–H and O–H groups in total. The molecule has 122 valence electrons. The van der Waals surface area contributed by atoms with Gasteiger partial charge >= 0.3 is 0 Å². The van der Waals surface area contributed by atoms with Gasteiger partial charge in [0.25, 0.3) is 5.91 Å². The van der Waals surface area contributed by atoms with Crippen molar-refractivity contribution in [1.29, 1.82) is 0 Å². The molecule has 2 heterocycles. The predicted molar refractivity (Wildman–Crippen MR) is 91.2 cm³/mol. The van der Waals surface area contributed by atoms with Crippen LogP contribution in [-0.2, 0) is 0 Å². The van der Waals surface area contributed by atoms with Crippen molar-refractivity contribution in [2.75, 3.05) is 26.7 Å². The van der Waals surface area contributed by atoms with E-state index < -0.39 is 0 Å². The molecule has 1 aromatic heterocycles. The summed E-state index contributed by atoms with van der Waals surface area (Å²) in [6.07, 6.45) is 2.71. The van der Waals surface area contributed by atoms with Crippen LogP contribution >= 0.6 is 11.6 Å². The van der Waals surface area contributed by atoms with Gasteiger partial charge in [0.15, 0.2) is 0 Å². The largest absolute Gasteiger partial charge is 0.338 e. The molecule has 0 unspecified atom stereocenters. The maximum Gasteiger partial charge on any atom is 0.257 e. The highest BCUT2D eigenvalue weighted by Gasteiger charge is 2.28. The van der Waals surface area contributed by atoms with Crippen LogP contribution in [-0.4, -0.2) is 47.3 Å². The van der Waals surface area contributed by atoms with Crippen LogP contribution in [0.5, 0.6) is 0 Å². The highest BCUT2D eigenvalue weighted by molar-refractivity contribution is 6.30. The van der Waals surface area contributed by atoms with Crippen LogP contribution in [0.4, 0.5) is 0 Å². The Morgan fingerprint density at radius 3 is 3.04 bits per heavy atom. The molecule has 5 nitrogen and oxygen atoms in total. The SMILES string of the molecule is CNC[C@@H]1CCN(C(=O)c2cnn(-c3cccc(Cl)c3)c2C)C1. The highest BCUT2D eigenvalue weighted by atomic mass is 35.5. The van der Waals surface area contributed by atoms with Crippen molar-refractivity contribution in [1.82, 2.24) is 20.0 Å². The molecule has 0 radical (unpaired) electrons. The van der Waals surface area contributed by atoms with Crippen molar-refractivity contribution in [3.8, 4) is 5.69 Å². The minimum atomic E-state index is 0.0642. The fourth-order valence-corrected chi connectivity index (χ4v) is 3.32. The third-order valence-electron chi connectivity index (χ3n) is 4.36. The lowest BCUT2D eigenvalue weighted by Crippen LogP contribution is -2.30. The number of amides is 1. The van der Waals surface area contributed by atoms with E-state index in [-0.39, 0.29) is 5.91 Å². The molecule has 1 amide bonds. The van der Waals surface area contributed by atoms with Gasteiger partial charge in [-0.3, -0.25) is 4.79 Å². The van der Waals surface area contributed by atoms with Gasteiger partial charge in [0, 0.05) is 18.1 Å². The van der Waals surface area contributed by atoms with Crippen molar-refractivity contribution in [3.63, 3.8) is 0 Å². The minimum absolute atomic E-state index is 0.0642. The number of carbonyl (C=O) groups is 1. The van der Waals surface area contributed by atoms with Gasteiger partial charge in [-0.1, -0.05) is 17.7 Å². The second-order valence-electron chi connectivity index (χ2n) is 6.00.